The monoisotopic (exact) mass is 241 g/mol. The molecule has 0 aromatic heterocycles. The SMILES string of the molecule is O=C(O)C1CCCCN1CCCC1CCCO1. The van der Waals surface area contributed by atoms with Gasteiger partial charge in [0.1, 0.15) is 6.04 Å². The molecule has 0 spiro atoms. The second-order valence-corrected chi connectivity index (χ2v) is 5.16. The molecule has 2 unspecified atom stereocenters. The smallest absolute Gasteiger partial charge is 0.320 e. The van der Waals surface area contributed by atoms with E-state index in [1.807, 2.05) is 0 Å². The van der Waals surface area contributed by atoms with E-state index < -0.39 is 5.97 Å². The first-order valence-electron chi connectivity index (χ1n) is 6.86. The van der Waals surface area contributed by atoms with Gasteiger partial charge < -0.3 is 9.84 Å². The summed E-state index contributed by atoms with van der Waals surface area (Å²) in [4.78, 5) is 13.3. The molecule has 0 aromatic carbocycles. The molecule has 2 heterocycles. The van der Waals surface area contributed by atoms with Crippen molar-refractivity contribution in [3.05, 3.63) is 0 Å². The Bertz CT molecular complexity index is 251. The lowest BCUT2D eigenvalue weighted by Crippen LogP contribution is -2.45. The van der Waals surface area contributed by atoms with E-state index in [1.54, 1.807) is 0 Å². The maximum absolute atomic E-state index is 11.1. The van der Waals surface area contributed by atoms with Crippen molar-refractivity contribution in [2.24, 2.45) is 0 Å². The molecule has 0 amide bonds. The molecule has 2 aliphatic rings. The number of rotatable bonds is 5. The predicted octanol–water partition coefficient (Wildman–Crippen LogP) is 1.88. The minimum atomic E-state index is -0.651. The van der Waals surface area contributed by atoms with Crippen LogP contribution in [0.15, 0.2) is 0 Å². The maximum atomic E-state index is 11.1. The van der Waals surface area contributed by atoms with Crippen LogP contribution in [0, 0.1) is 0 Å². The quantitative estimate of drug-likeness (QED) is 0.798. The highest BCUT2D eigenvalue weighted by atomic mass is 16.5. The summed E-state index contributed by atoms with van der Waals surface area (Å²) in [7, 11) is 0. The minimum Gasteiger partial charge on any atom is -0.480 e. The number of carboxylic acid groups (broad SMARTS) is 1. The number of hydrogen-bond donors (Lipinski definition) is 1. The molecule has 2 atom stereocenters. The molecule has 0 bridgehead atoms. The van der Waals surface area contributed by atoms with Gasteiger partial charge >= 0.3 is 5.97 Å². The summed E-state index contributed by atoms with van der Waals surface area (Å²) in [5.74, 6) is -0.651. The molecule has 0 aromatic rings. The number of carbonyl (C=O) groups is 1. The van der Waals surface area contributed by atoms with E-state index in [0.717, 1.165) is 51.8 Å². The van der Waals surface area contributed by atoms with E-state index >= 15 is 0 Å². The number of likely N-dealkylation sites (tertiary alicyclic amines) is 1. The molecule has 2 saturated heterocycles. The van der Waals surface area contributed by atoms with Gasteiger partial charge in [0.15, 0.2) is 0 Å². The van der Waals surface area contributed by atoms with Crippen molar-refractivity contribution in [2.45, 2.75) is 57.1 Å². The maximum Gasteiger partial charge on any atom is 0.320 e. The number of aliphatic carboxylic acids is 1. The van der Waals surface area contributed by atoms with Gasteiger partial charge in [-0.1, -0.05) is 6.42 Å². The molecule has 2 fully saturated rings. The van der Waals surface area contributed by atoms with Crippen LogP contribution in [0.3, 0.4) is 0 Å². The third-order valence-corrected chi connectivity index (χ3v) is 3.89. The lowest BCUT2D eigenvalue weighted by molar-refractivity contribution is -0.144. The zero-order valence-corrected chi connectivity index (χ0v) is 10.4. The Morgan fingerprint density at radius 2 is 2.18 bits per heavy atom. The summed E-state index contributed by atoms with van der Waals surface area (Å²) in [6.07, 6.45) is 7.97. The minimum absolute atomic E-state index is 0.242. The first-order chi connectivity index (χ1) is 8.27. The van der Waals surface area contributed by atoms with Crippen molar-refractivity contribution in [1.82, 2.24) is 4.90 Å². The average molecular weight is 241 g/mol. The van der Waals surface area contributed by atoms with E-state index in [1.165, 1.54) is 12.8 Å². The van der Waals surface area contributed by atoms with Gasteiger partial charge in [-0.2, -0.15) is 0 Å². The molecular formula is C13H23NO3. The van der Waals surface area contributed by atoms with Crippen LogP contribution in [0.2, 0.25) is 0 Å². The second kappa shape index (κ2) is 6.36. The van der Waals surface area contributed by atoms with Gasteiger partial charge in [0, 0.05) is 6.61 Å². The summed E-state index contributed by atoms with van der Waals surface area (Å²) in [5.41, 5.74) is 0. The fourth-order valence-electron chi connectivity index (χ4n) is 2.93. The first kappa shape index (κ1) is 12.8. The average Bonchev–Trinajstić information content (AvgIpc) is 2.82. The molecular weight excluding hydrogens is 218 g/mol. The van der Waals surface area contributed by atoms with E-state index in [9.17, 15) is 4.79 Å². The van der Waals surface area contributed by atoms with E-state index in [4.69, 9.17) is 9.84 Å². The van der Waals surface area contributed by atoms with Crippen LogP contribution in [0.25, 0.3) is 0 Å². The topological polar surface area (TPSA) is 49.8 Å². The fraction of sp³-hybridized carbons (Fsp3) is 0.923. The first-order valence-corrected chi connectivity index (χ1v) is 6.86. The third kappa shape index (κ3) is 3.68. The van der Waals surface area contributed by atoms with Crippen LogP contribution < -0.4 is 0 Å². The Labute approximate surface area is 103 Å². The molecule has 2 aliphatic heterocycles. The normalized spacial score (nSPS) is 30.6. The Kier molecular flexibility index (Phi) is 4.80. The number of ether oxygens (including phenoxy) is 1. The Morgan fingerprint density at radius 3 is 2.88 bits per heavy atom. The number of piperidine rings is 1. The summed E-state index contributed by atoms with van der Waals surface area (Å²) < 4.78 is 5.58. The fourth-order valence-corrected chi connectivity index (χ4v) is 2.93. The van der Waals surface area contributed by atoms with E-state index in [2.05, 4.69) is 4.90 Å². The predicted molar refractivity (Wildman–Crippen MR) is 65.1 cm³/mol. The Hall–Kier alpha value is -0.610. The summed E-state index contributed by atoms with van der Waals surface area (Å²) in [6.45, 7) is 2.77. The van der Waals surface area contributed by atoms with Gasteiger partial charge in [0.2, 0.25) is 0 Å². The Balaban J connectivity index is 1.70. The van der Waals surface area contributed by atoms with Crippen molar-refractivity contribution < 1.29 is 14.6 Å². The van der Waals surface area contributed by atoms with Crippen molar-refractivity contribution >= 4 is 5.97 Å². The zero-order chi connectivity index (χ0) is 12.1. The van der Waals surface area contributed by atoms with Gasteiger partial charge in [-0.15, -0.1) is 0 Å². The zero-order valence-electron chi connectivity index (χ0n) is 10.4. The molecule has 1 N–H and O–H groups in total. The van der Waals surface area contributed by atoms with Gasteiger partial charge in [0.05, 0.1) is 6.10 Å². The van der Waals surface area contributed by atoms with E-state index in [-0.39, 0.29) is 6.04 Å². The Morgan fingerprint density at radius 1 is 1.29 bits per heavy atom. The van der Waals surface area contributed by atoms with E-state index in [0.29, 0.717) is 6.10 Å². The van der Waals surface area contributed by atoms with Gasteiger partial charge in [-0.05, 0) is 51.6 Å². The molecule has 98 valence electrons. The van der Waals surface area contributed by atoms with Crippen LogP contribution >= 0.6 is 0 Å². The van der Waals surface area contributed by atoms with Crippen molar-refractivity contribution in [2.75, 3.05) is 19.7 Å². The largest absolute Gasteiger partial charge is 0.480 e. The highest BCUT2D eigenvalue weighted by Crippen LogP contribution is 2.20. The number of hydrogen-bond acceptors (Lipinski definition) is 3. The molecule has 0 saturated carbocycles. The van der Waals surface area contributed by atoms with Crippen LogP contribution in [0.4, 0.5) is 0 Å². The third-order valence-electron chi connectivity index (χ3n) is 3.89. The molecule has 2 rings (SSSR count). The standard InChI is InChI=1S/C13H23NO3/c15-13(16)12-7-1-2-8-14(12)9-3-5-11-6-4-10-17-11/h11-12H,1-10H2,(H,15,16). The van der Waals surface area contributed by atoms with Crippen LogP contribution in [-0.2, 0) is 9.53 Å². The summed E-state index contributed by atoms with van der Waals surface area (Å²) >= 11 is 0. The number of carboxylic acids is 1. The van der Waals surface area contributed by atoms with Gasteiger partial charge in [0.25, 0.3) is 0 Å². The van der Waals surface area contributed by atoms with Crippen molar-refractivity contribution in [3.8, 4) is 0 Å². The van der Waals surface area contributed by atoms with Crippen LogP contribution in [0.5, 0.6) is 0 Å². The van der Waals surface area contributed by atoms with Crippen molar-refractivity contribution in [3.63, 3.8) is 0 Å². The molecule has 0 radical (unpaired) electrons. The molecule has 4 nitrogen and oxygen atoms in total. The summed E-state index contributed by atoms with van der Waals surface area (Å²) in [6, 6.07) is -0.242. The van der Waals surface area contributed by atoms with Crippen LogP contribution in [-0.4, -0.2) is 47.8 Å². The number of nitrogens with zero attached hydrogens (tertiary/aromatic N) is 1. The van der Waals surface area contributed by atoms with Gasteiger partial charge in [-0.3, -0.25) is 9.69 Å². The highest BCUT2D eigenvalue weighted by molar-refractivity contribution is 5.73. The molecule has 4 heteroatoms. The van der Waals surface area contributed by atoms with Crippen molar-refractivity contribution in [1.29, 1.82) is 0 Å². The molecule has 0 aliphatic carbocycles. The lowest BCUT2D eigenvalue weighted by atomic mass is 10.0. The second-order valence-electron chi connectivity index (χ2n) is 5.16. The van der Waals surface area contributed by atoms with Gasteiger partial charge in [-0.25, -0.2) is 0 Å². The summed E-state index contributed by atoms with van der Waals surface area (Å²) in [5, 5.41) is 9.15. The van der Waals surface area contributed by atoms with Crippen LogP contribution in [0.1, 0.15) is 44.9 Å². The highest BCUT2D eigenvalue weighted by Gasteiger charge is 2.28. The molecule has 17 heavy (non-hydrogen) atoms. The lowest BCUT2D eigenvalue weighted by Gasteiger charge is -2.33.